The van der Waals surface area contributed by atoms with Crippen molar-refractivity contribution in [1.82, 2.24) is 14.9 Å². The van der Waals surface area contributed by atoms with E-state index < -0.39 is 0 Å². The molecular weight excluding hydrogens is 404 g/mol. The number of hydrogen-bond acceptors (Lipinski definition) is 7. The molecule has 7 heteroatoms. The van der Waals surface area contributed by atoms with Crippen LogP contribution in [0.4, 0.5) is 5.82 Å². The summed E-state index contributed by atoms with van der Waals surface area (Å²) in [5, 5.41) is 10.7. The number of phenolic OH excluding ortho intramolecular Hbond substituents is 1. The van der Waals surface area contributed by atoms with Crippen LogP contribution in [0.2, 0.25) is 0 Å². The van der Waals surface area contributed by atoms with Crippen LogP contribution in [0.1, 0.15) is 27.0 Å². The topological polar surface area (TPSA) is 78.8 Å². The third kappa shape index (κ3) is 3.83. The Labute approximate surface area is 186 Å². The van der Waals surface area contributed by atoms with Crippen LogP contribution >= 0.6 is 0 Å². The number of anilines is 1. The molecule has 0 spiro atoms. The standard InChI is InChI=1S/C25H24N4O3/c1-17-14-20(30)19(16-28-10-12-29(13-11-28)22-4-2-3-7-27-22)25-23(17)24(31)21(32-25)15-18-5-8-26-9-6-18/h2-9,14-15,30H,10-13,16H2,1H3/b21-15-. The zero-order valence-corrected chi connectivity index (χ0v) is 17.9. The molecule has 1 fully saturated rings. The maximum atomic E-state index is 13.1. The second-order valence-corrected chi connectivity index (χ2v) is 8.07. The van der Waals surface area contributed by atoms with Gasteiger partial charge in [0.05, 0.1) is 11.1 Å². The monoisotopic (exact) mass is 428 g/mol. The molecule has 5 rings (SSSR count). The van der Waals surface area contributed by atoms with Crippen molar-refractivity contribution in [2.24, 2.45) is 0 Å². The molecule has 0 aliphatic carbocycles. The maximum Gasteiger partial charge on any atom is 0.232 e. The number of phenols is 1. The van der Waals surface area contributed by atoms with Crippen LogP contribution in [0.3, 0.4) is 0 Å². The fraction of sp³-hybridized carbons (Fsp3) is 0.240. The maximum absolute atomic E-state index is 13.1. The van der Waals surface area contributed by atoms with Crippen LogP contribution in [0, 0.1) is 6.92 Å². The van der Waals surface area contributed by atoms with Gasteiger partial charge in [-0.1, -0.05) is 6.07 Å². The highest BCUT2D eigenvalue weighted by Gasteiger charge is 2.34. The summed E-state index contributed by atoms with van der Waals surface area (Å²) in [6.07, 6.45) is 6.87. The molecule has 0 unspecified atom stereocenters. The zero-order valence-electron chi connectivity index (χ0n) is 17.9. The van der Waals surface area contributed by atoms with Crippen molar-refractivity contribution in [2.75, 3.05) is 31.1 Å². The number of aromatic hydroxyl groups is 1. The van der Waals surface area contributed by atoms with E-state index in [4.69, 9.17) is 4.74 Å². The van der Waals surface area contributed by atoms with Crippen LogP contribution in [0.25, 0.3) is 6.08 Å². The Hall–Kier alpha value is -3.71. The van der Waals surface area contributed by atoms with Crippen LogP contribution in [-0.2, 0) is 6.54 Å². The van der Waals surface area contributed by atoms with E-state index in [9.17, 15) is 9.90 Å². The molecule has 0 radical (unpaired) electrons. The average Bonchev–Trinajstić information content (AvgIpc) is 3.14. The van der Waals surface area contributed by atoms with Gasteiger partial charge in [-0.25, -0.2) is 4.98 Å². The molecule has 4 heterocycles. The van der Waals surface area contributed by atoms with E-state index in [2.05, 4.69) is 19.8 Å². The largest absolute Gasteiger partial charge is 0.507 e. The minimum atomic E-state index is -0.157. The molecule has 1 N–H and O–H groups in total. The first-order valence-electron chi connectivity index (χ1n) is 10.7. The summed E-state index contributed by atoms with van der Waals surface area (Å²) in [5.74, 6) is 1.72. The summed E-state index contributed by atoms with van der Waals surface area (Å²) >= 11 is 0. The Kier molecular flexibility index (Phi) is 5.33. The van der Waals surface area contributed by atoms with Crippen molar-refractivity contribution in [3.8, 4) is 11.5 Å². The van der Waals surface area contributed by atoms with Gasteiger partial charge in [0.15, 0.2) is 5.76 Å². The first kappa shape index (κ1) is 20.2. The first-order valence-corrected chi connectivity index (χ1v) is 10.7. The first-order chi connectivity index (χ1) is 15.6. The number of nitrogens with zero attached hydrogens (tertiary/aromatic N) is 4. The number of allylic oxidation sites excluding steroid dienone is 1. The highest BCUT2D eigenvalue weighted by atomic mass is 16.5. The van der Waals surface area contributed by atoms with Crippen LogP contribution in [-0.4, -0.2) is 51.9 Å². The molecule has 32 heavy (non-hydrogen) atoms. The minimum Gasteiger partial charge on any atom is -0.507 e. The number of ether oxygens (including phenoxy) is 1. The van der Waals surface area contributed by atoms with Crippen LogP contribution in [0.5, 0.6) is 11.5 Å². The highest BCUT2D eigenvalue weighted by molar-refractivity contribution is 6.15. The number of aryl methyl sites for hydroxylation is 1. The summed E-state index contributed by atoms with van der Waals surface area (Å²) in [5.41, 5.74) is 2.74. The molecule has 0 atom stereocenters. The predicted octanol–water partition coefficient (Wildman–Crippen LogP) is 3.43. The molecule has 2 aromatic heterocycles. The van der Waals surface area contributed by atoms with Crippen LogP contribution in [0.15, 0.2) is 60.7 Å². The molecule has 7 nitrogen and oxygen atoms in total. The Balaban J connectivity index is 1.37. The summed E-state index contributed by atoms with van der Waals surface area (Å²) in [7, 11) is 0. The lowest BCUT2D eigenvalue weighted by atomic mass is 9.99. The van der Waals surface area contributed by atoms with Crippen molar-refractivity contribution in [3.63, 3.8) is 0 Å². The van der Waals surface area contributed by atoms with E-state index in [-0.39, 0.29) is 17.3 Å². The predicted molar refractivity (Wildman–Crippen MR) is 122 cm³/mol. The fourth-order valence-electron chi connectivity index (χ4n) is 4.24. The second-order valence-electron chi connectivity index (χ2n) is 8.07. The van der Waals surface area contributed by atoms with Gasteiger partial charge in [0.25, 0.3) is 0 Å². The quantitative estimate of drug-likeness (QED) is 0.638. The molecule has 162 valence electrons. The molecule has 1 saturated heterocycles. The Bertz CT molecular complexity index is 1170. The van der Waals surface area contributed by atoms with Crippen molar-refractivity contribution < 1.29 is 14.6 Å². The Morgan fingerprint density at radius 3 is 2.59 bits per heavy atom. The normalized spacial score (nSPS) is 17.5. The number of piperazine rings is 1. The number of hydrogen-bond donors (Lipinski definition) is 1. The molecule has 1 aromatic carbocycles. The number of aromatic nitrogens is 2. The smallest absolute Gasteiger partial charge is 0.232 e. The van der Waals surface area contributed by atoms with E-state index in [0.717, 1.165) is 37.6 Å². The summed E-state index contributed by atoms with van der Waals surface area (Å²) < 4.78 is 6.03. The average molecular weight is 428 g/mol. The highest BCUT2D eigenvalue weighted by Crippen LogP contribution is 2.42. The number of carbonyl (C=O) groups is 1. The fourth-order valence-corrected chi connectivity index (χ4v) is 4.24. The Morgan fingerprint density at radius 1 is 1.09 bits per heavy atom. The lowest BCUT2D eigenvalue weighted by Crippen LogP contribution is -2.46. The van der Waals surface area contributed by atoms with Gasteiger partial charge >= 0.3 is 0 Å². The van der Waals surface area contributed by atoms with E-state index in [1.165, 1.54) is 0 Å². The number of ketones is 1. The van der Waals surface area contributed by atoms with Gasteiger partial charge in [0, 0.05) is 51.3 Å². The lowest BCUT2D eigenvalue weighted by molar-refractivity contribution is 0.101. The van der Waals surface area contributed by atoms with Crippen molar-refractivity contribution in [1.29, 1.82) is 0 Å². The third-order valence-corrected chi connectivity index (χ3v) is 5.95. The summed E-state index contributed by atoms with van der Waals surface area (Å²) in [4.78, 5) is 26.0. The number of fused-ring (bicyclic) bond motifs is 1. The number of pyridine rings is 2. The molecule has 2 aliphatic rings. The van der Waals surface area contributed by atoms with Gasteiger partial charge in [-0.05, 0) is 54.5 Å². The Morgan fingerprint density at radius 2 is 1.88 bits per heavy atom. The minimum absolute atomic E-state index is 0.157. The van der Waals surface area contributed by atoms with Gasteiger partial charge in [0.1, 0.15) is 17.3 Å². The third-order valence-electron chi connectivity index (χ3n) is 5.95. The number of rotatable bonds is 4. The second kappa shape index (κ2) is 8.43. The van der Waals surface area contributed by atoms with Gasteiger partial charge in [-0.15, -0.1) is 0 Å². The van der Waals surface area contributed by atoms with Crippen molar-refractivity contribution >= 4 is 17.7 Å². The van der Waals surface area contributed by atoms with Crippen LogP contribution < -0.4 is 9.64 Å². The van der Waals surface area contributed by atoms with Gasteiger partial charge in [0.2, 0.25) is 5.78 Å². The lowest BCUT2D eigenvalue weighted by Gasteiger charge is -2.35. The summed E-state index contributed by atoms with van der Waals surface area (Å²) in [6.45, 7) is 5.68. The van der Waals surface area contributed by atoms with Gasteiger partial charge in [-0.2, -0.15) is 0 Å². The summed E-state index contributed by atoms with van der Waals surface area (Å²) in [6, 6.07) is 11.2. The number of Topliss-reactive ketones (excluding diaryl/α,β-unsaturated/α-hetero) is 1. The van der Waals surface area contributed by atoms with Gasteiger partial charge in [-0.3, -0.25) is 14.7 Å². The molecule has 0 amide bonds. The molecule has 0 saturated carbocycles. The zero-order chi connectivity index (χ0) is 22.1. The molecule has 2 aliphatic heterocycles. The molecule has 3 aromatic rings. The molecular formula is C25H24N4O3. The van der Waals surface area contributed by atoms with E-state index in [0.29, 0.717) is 29.0 Å². The van der Waals surface area contributed by atoms with Gasteiger partial charge < -0.3 is 14.7 Å². The van der Waals surface area contributed by atoms with Crippen molar-refractivity contribution in [2.45, 2.75) is 13.5 Å². The van der Waals surface area contributed by atoms with E-state index in [1.54, 1.807) is 30.7 Å². The van der Waals surface area contributed by atoms with E-state index >= 15 is 0 Å². The number of benzene rings is 1. The van der Waals surface area contributed by atoms with E-state index in [1.807, 2.05) is 37.3 Å². The SMILES string of the molecule is Cc1cc(O)c(CN2CCN(c3ccccn3)CC2)c2c1C(=O)/C(=C/c1ccncc1)O2. The number of carbonyl (C=O) groups excluding carboxylic acids is 1. The molecule has 0 bridgehead atoms. The van der Waals surface area contributed by atoms with Crippen molar-refractivity contribution in [3.05, 3.63) is 83.0 Å².